The van der Waals surface area contributed by atoms with Crippen molar-refractivity contribution < 1.29 is 19.8 Å². The normalized spacial score (nSPS) is 10.3. The van der Waals surface area contributed by atoms with Crippen molar-refractivity contribution in [1.82, 2.24) is 9.55 Å². The van der Waals surface area contributed by atoms with Crippen LogP contribution in [0, 0.1) is 0 Å². The summed E-state index contributed by atoms with van der Waals surface area (Å²) in [6.45, 7) is 5.19. The molecule has 7 nitrogen and oxygen atoms in total. The highest BCUT2D eigenvalue weighted by Gasteiger charge is 2.09. The Morgan fingerprint density at radius 3 is 2.27 bits per heavy atom. The van der Waals surface area contributed by atoms with E-state index in [4.69, 9.17) is 19.8 Å². The van der Waals surface area contributed by atoms with Crippen LogP contribution < -0.4 is 5.32 Å². The van der Waals surface area contributed by atoms with Gasteiger partial charge in [-0.3, -0.25) is 0 Å². The van der Waals surface area contributed by atoms with Crippen molar-refractivity contribution in [2.75, 3.05) is 5.32 Å². The minimum absolute atomic E-state index is 0.564. The lowest BCUT2D eigenvalue weighted by molar-refractivity contribution is -0.159. The van der Waals surface area contributed by atoms with Crippen molar-refractivity contribution in [3.63, 3.8) is 0 Å². The average molecular weight is 474 g/mol. The van der Waals surface area contributed by atoms with E-state index in [0.717, 1.165) is 28.2 Å². The second kappa shape index (κ2) is 10.6. The molecule has 3 rings (SSSR count). The Labute approximate surface area is 183 Å². The minimum atomic E-state index is -1.82. The summed E-state index contributed by atoms with van der Waals surface area (Å²) in [5, 5.41) is 18.2. The molecule has 2 aromatic carbocycles. The third kappa shape index (κ3) is 6.45. The van der Waals surface area contributed by atoms with Gasteiger partial charge in [-0.1, -0.05) is 66.2 Å². The molecule has 0 aliphatic heterocycles. The number of aliphatic carboxylic acids is 2. The van der Waals surface area contributed by atoms with Crippen LogP contribution in [0.15, 0.2) is 59.2 Å². The fourth-order valence-corrected chi connectivity index (χ4v) is 3.09. The number of rotatable bonds is 5. The zero-order valence-electron chi connectivity index (χ0n) is 17.0. The van der Waals surface area contributed by atoms with Crippen LogP contribution in [0.25, 0.3) is 11.3 Å². The van der Waals surface area contributed by atoms with Gasteiger partial charge in [-0.2, -0.15) is 0 Å². The van der Waals surface area contributed by atoms with E-state index in [2.05, 4.69) is 81.0 Å². The number of anilines is 1. The summed E-state index contributed by atoms with van der Waals surface area (Å²) in [6, 6.07) is 17.0. The van der Waals surface area contributed by atoms with Gasteiger partial charge in [0.25, 0.3) is 0 Å². The number of nitrogens with zero attached hydrogens (tertiary/aromatic N) is 2. The summed E-state index contributed by atoms with van der Waals surface area (Å²) in [4.78, 5) is 22.7. The van der Waals surface area contributed by atoms with Gasteiger partial charge < -0.3 is 20.1 Å². The maximum Gasteiger partial charge on any atom is 0.414 e. The number of nitrogens with one attached hydrogen (secondary N) is 1. The number of carbonyl (C=O) groups is 2. The SMILES string of the molecule is CC(C)c1ccc(CNc2ncc(-c3cccc(Br)c3)n2C)cc1.O=C(O)C(=O)O. The van der Waals surface area contributed by atoms with Gasteiger partial charge in [-0.05, 0) is 29.2 Å². The Balaban J connectivity index is 0.000000469. The van der Waals surface area contributed by atoms with Crippen molar-refractivity contribution in [3.05, 3.63) is 70.3 Å². The predicted molar refractivity (Wildman–Crippen MR) is 119 cm³/mol. The molecule has 3 N–H and O–H groups in total. The molecule has 0 amide bonds. The summed E-state index contributed by atoms with van der Waals surface area (Å²) in [5.74, 6) is -2.21. The number of hydrogen-bond donors (Lipinski definition) is 3. The largest absolute Gasteiger partial charge is 0.473 e. The number of carboxylic acid groups (broad SMARTS) is 2. The fraction of sp³-hybridized carbons (Fsp3) is 0.227. The Kier molecular flexibility index (Phi) is 8.17. The summed E-state index contributed by atoms with van der Waals surface area (Å²) in [5.41, 5.74) is 4.86. The van der Waals surface area contributed by atoms with Crippen molar-refractivity contribution >= 4 is 33.8 Å². The highest BCUT2D eigenvalue weighted by molar-refractivity contribution is 9.10. The first-order chi connectivity index (χ1) is 14.2. The van der Waals surface area contributed by atoms with Gasteiger partial charge in [-0.25, -0.2) is 14.6 Å². The molecule has 0 bridgehead atoms. The summed E-state index contributed by atoms with van der Waals surface area (Å²) < 4.78 is 3.16. The smallest absolute Gasteiger partial charge is 0.414 e. The number of aromatic nitrogens is 2. The van der Waals surface area contributed by atoms with E-state index in [1.807, 2.05) is 25.4 Å². The van der Waals surface area contributed by atoms with Crippen molar-refractivity contribution in [3.8, 4) is 11.3 Å². The average Bonchev–Trinajstić information content (AvgIpc) is 3.07. The van der Waals surface area contributed by atoms with E-state index in [9.17, 15) is 0 Å². The zero-order chi connectivity index (χ0) is 22.3. The summed E-state index contributed by atoms with van der Waals surface area (Å²) in [7, 11) is 2.04. The molecular weight excluding hydrogens is 450 g/mol. The van der Waals surface area contributed by atoms with Crippen LogP contribution in [-0.2, 0) is 23.2 Å². The molecule has 30 heavy (non-hydrogen) atoms. The highest BCUT2D eigenvalue weighted by Crippen LogP contribution is 2.25. The number of carboxylic acids is 2. The van der Waals surface area contributed by atoms with E-state index in [-0.39, 0.29) is 0 Å². The highest BCUT2D eigenvalue weighted by atomic mass is 79.9. The Bertz CT molecular complexity index is 1000. The Hall–Kier alpha value is -3.13. The molecule has 0 aliphatic rings. The third-order valence-electron chi connectivity index (χ3n) is 4.39. The molecule has 3 aromatic rings. The molecular formula is C22H24BrN3O4. The maximum absolute atomic E-state index is 9.10. The predicted octanol–water partition coefficient (Wildman–Crippen LogP) is 4.74. The van der Waals surface area contributed by atoms with Crippen molar-refractivity contribution in [2.24, 2.45) is 7.05 Å². The maximum atomic E-state index is 9.10. The third-order valence-corrected chi connectivity index (χ3v) is 4.88. The van der Waals surface area contributed by atoms with E-state index >= 15 is 0 Å². The number of imidazole rings is 1. The molecule has 0 aliphatic carbocycles. The second-order valence-electron chi connectivity index (χ2n) is 6.90. The molecule has 1 aromatic heterocycles. The van der Waals surface area contributed by atoms with E-state index in [0.29, 0.717) is 5.92 Å². The summed E-state index contributed by atoms with van der Waals surface area (Å²) in [6.07, 6.45) is 1.91. The lowest BCUT2D eigenvalue weighted by atomic mass is 10.0. The van der Waals surface area contributed by atoms with Crippen LogP contribution >= 0.6 is 15.9 Å². The molecule has 1 heterocycles. The Morgan fingerprint density at radius 2 is 1.73 bits per heavy atom. The Morgan fingerprint density at radius 1 is 1.10 bits per heavy atom. The van der Waals surface area contributed by atoms with Gasteiger partial charge in [0.2, 0.25) is 5.95 Å². The van der Waals surface area contributed by atoms with Gasteiger partial charge >= 0.3 is 11.9 Å². The van der Waals surface area contributed by atoms with E-state index in [1.54, 1.807) is 0 Å². The van der Waals surface area contributed by atoms with Crippen LogP contribution in [0.4, 0.5) is 5.95 Å². The minimum Gasteiger partial charge on any atom is -0.473 e. The fourth-order valence-electron chi connectivity index (χ4n) is 2.69. The standard InChI is InChI=1S/C20H22BrN3.C2H2O4/c1-14(2)16-9-7-15(8-10-16)12-22-20-23-13-19(24(20)3)17-5-4-6-18(21)11-17;3-1(4)2(5)6/h4-11,13-14H,12H2,1-3H3,(H,22,23);(H,3,4)(H,5,6). The van der Waals surface area contributed by atoms with Crippen LogP contribution in [0.3, 0.4) is 0 Å². The van der Waals surface area contributed by atoms with Gasteiger partial charge in [0.1, 0.15) is 0 Å². The second-order valence-corrected chi connectivity index (χ2v) is 7.81. The number of hydrogen-bond acceptors (Lipinski definition) is 4. The van der Waals surface area contributed by atoms with Gasteiger partial charge in [0.15, 0.2) is 0 Å². The molecule has 0 unspecified atom stereocenters. The number of benzene rings is 2. The molecule has 8 heteroatoms. The van der Waals surface area contributed by atoms with Crippen molar-refractivity contribution in [2.45, 2.75) is 26.3 Å². The van der Waals surface area contributed by atoms with Gasteiger partial charge in [0.05, 0.1) is 11.9 Å². The molecule has 0 atom stereocenters. The molecule has 0 saturated carbocycles. The lowest BCUT2D eigenvalue weighted by Gasteiger charge is -2.10. The molecule has 0 spiro atoms. The molecule has 158 valence electrons. The monoisotopic (exact) mass is 473 g/mol. The van der Waals surface area contributed by atoms with Crippen LogP contribution in [0.2, 0.25) is 0 Å². The van der Waals surface area contributed by atoms with Crippen LogP contribution in [0.5, 0.6) is 0 Å². The van der Waals surface area contributed by atoms with Crippen molar-refractivity contribution in [1.29, 1.82) is 0 Å². The van der Waals surface area contributed by atoms with Gasteiger partial charge in [-0.15, -0.1) is 0 Å². The molecule has 0 saturated heterocycles. The first kappa shape index (κ1) is 23.2. The quantitative estimate of drug-likeness (QED) is 0.462. The topological polar surface area (TPSA) is 104 Å². The lowest BCUT2D eigenvalue weighted by Crippen LogP contribution is -2.09. The van der Waals surface area contributed by atoms with Gasteiger partial charge in [0, 0.05) is 23.6 Å². The van der Waals surface area contributed by atoms with E-state index < -0.39 is 11.9 Å². The first-order valence-electron chi connectivity index (χ1n) is 9.25. The van der Waals surface area contributed by atoms with Crippen LogP contribution in [-0.4, -0.2) is 31.7 Å². The first-order valence-corrected chi connectivity index (χ1v) is 10.0. The zero-order valence-corrected chi connectivity index (χ0v) is 18.5. The number of halogens is 1. The van der Waals surface area contributed by atoms with E-state index in [1.165, 1.54) is 11.1 Å². The van der Waals surface area contributed by atoms with Crippen LogP contribution in [0.1, 0.15) is 30.9 Å². The summed E-state index contributed by atoms with van der Waals surface area (Å²) >= 11 is 3.52. The molecule has 0 fully saturated rings. The molecule has 0 radical (unpaired) electrons.